The molecule has 362 valence electrons. The van der Waals surface area contributed by atoms with Crippen LogP contribution in [0.4, 0.5) is 0 Å². The minimum absolute atomic E-state index is 0.0716. The van der Waals surface area contributed by atoms with Gasteiger partial charge in [-0.3, -0.25) is 24.0 Å². The molecule has 4 aliphatic rings. The van der Waals surface area contributed by atoms with Crippen molar-refractivity contribution in [2.45, 2.75) is 108 Å². The van der Waals surface area contributed by atoms with Gasteiger partial charge in [-0.05, 0) is 54.8 Å². The third kappa shape index (κ3) is 8.16. The normalized spacial score (nSPS) is 29.8. The summed E-state index contributed by atoms with van der Waals surface area (Å²) in [5.74, 6) is -8.08. The number of furan rings is 1. The standard InChI is InChI=1S/C52H53NO16/c1-27-35(67-48(62)41(58)39(30-15-9-7-10-16-30)53-46(60)31-17-11-8-12-18-31)24-52(63)45(68-47(61)34-20-14-13-19-33(34)40(57)32-21-22-64-25-32)43-50(6,36(56)23-37-51(43,26-65-37)69-29(3)55)44(59)42(66-28(2)54)38(27)49(52,4)5/h7-22,25,35-37,39,41-43,45,56,58,63H,23-24,26H2,1-6H3,(H,53,60)/t35-,36-,37+,39-,41+,42+,43-,45-,50+,51-,52+/m0/s1. The number of hydrogen-bond donors (Lipinski definition) is 4. The lowest BCUT2D eigenvalue weighted by Crippen LogP contribution is -2.82. The van der Waals surface area contributed by atoms with Crippen molar-refractivity contribution in [1.82, 2.24) is 5.32 Å². The number of aliphatic hydroxyl groups excluding tert-OH is 2. The van der Waals surface area contributed by atoms with Crippen molar-refractivity contribution in [3.05, 3.63) is 142 Å². The molecule has 17 heteroatoms. The minimum Gasteiger partial charge on any atom is -0.472 e. The Hall–Kier alpha value is -6.79. The van der Waals surface area contributed by atoms with Crippen LogP contribution in [0.1, 0.15) is 103 Å². The van der Waals surface area contributed by atoms with E-state index in [0.29, 0.717) is 5.56 Å². The Labute approximate surface area is 396 Å². The van der Waals surface area contributed by atoms with Gasteiger partial charge >= 0.3 is 23.9 Å². The summed E-state index contributed by atoms with van der Waals surface area (Å²) < 4.78 is 35.7. The number of ketones is 2. The number of hydrogen-bond acceptors (Lipinski definition) is 16. The maximum atomic E-state index is 15.7. The first-order valence-electron chi connectivity index (χ1n) is 22.5. The van der Waals surface area contributed by atoms with Crippen molar-refractivity contribution >= 4 is 41.4 Å². The van der Waals surface area contributed by atoms with Crippen molar-refractivity contribution in [3.8, 4) is 0 Å². The summed E-state index contributed by atoms with van der Waals surface area (Å²) in [4.78, 5) is 98.8. The minimum atomic E-state index is -2.54. The molecule has 3 aromatic carbocycles. The molecule has 8 rings (SSSR count). The van der Waals surface area contributed by atoms with Gasteiger partial charge in [-0.1, -0.05) is 80.6 Å². The van der Waals surface area contributed by atoms with E-state index in [-0.39, 0.29) is 39.8 Å². The van der Waals surface area contributed by atoms with Gasteiger partial charge in [-0.25, -0.2) is 9.59 Å². The summed E-state index contributed by atoms with van der Waals surface area (Å²) in [5, 5.41) is 40.8. The largest absolute Gasteiger partial charge is 0.472 e. The maximum Gasteiger partial charge on any atom is 0.339 e. The average Bonchev–Trinajstić information content (AvgIpc) is 3.87. The second-order valence-electron chi connectivity index (χ2n) is 18.9. The molecule has 4 aromatic rings. The van der Waals surface area contributed by atoms with Crippen LogP contribution in [0.25, 0.3) is 0 Å². The number of fused-ring (bicyclic) bond motifs is 5. The number of Topliss-reactive ketones (excluding diaryl/α,β-unsaturated/α-hetero) is 1. The van der Waals surface area contributed by atoms with Gasteiger partial charge in [0.05, 0.1) is 47.5 Å². The Morgan fingerprint density at radius 1 is 0.812 bits per heavy atom. The van der Waals surface area contributed by atoms with E-state index in [2.05, 4.69) is 5.32 Å². The Balaban J connectivity index is 1.29. The predicted molar refractivity (Wildman–Crippen MR) is 240 cm³/mol. The SMILES string of the molecule is CC(=O)O[C@H]1C(=O)[C@@]2(C)[C@H]([C@H](OC(=O)c3ccccc3C(=O)c3ccoc3)[C@]3(O)C[C@H](OC(=O)[C@H](O)[C@@H](NC(=O)c4ccccc4)c4ccccc4)C(C)=C1C3(C)C)[C@]1(OC(C)=O)CO[C@@H]1C[C@@H]2O. The molecule has 2 bridgehead atoms. The van der Waals surface area contributed by atoms with Crippen LogP contribution in [0.15, 0.2) is 119 Å². The lowest BCUT2D eigenvalue weighted by molar-refractivity contribution is -0.346. The molecule has 1 aromatic heterocycles. The van der Waals surface area contributed by atoms with Crippen LogP contribution in [0, 0.1) is 16.7 Å². The summed E-state index contributed by atoms with van der Waals surface area (Å²) in [6.45, 7) is 7.66. The van der Waals surface area contributed by atoms with E-state index in [0.717, 1.165) is 13.8 Å². The Bertz CT molecular complexity index is 2720. The molecule has 1 amide bonds. The van der Waals surface area contributed by atoms with Gasteiger partial charge in [-0.15, -0.1) is 0 Å². The lowest BCUT2D eigenvalue weighted by Gasteiger charge is -2.67. The fourth-order valence-corrected chi connectivity index (χ4v) is 11.0. The van der Waals surface area contributed by atoms with Crippen molar-refractivity contribution < 1.29 is 77.0 Å². The van der Waals surface area contributed by atoms with Crippen molar-refractivity contribution in [2.24, 2.45) is 16.7 Å². The smallest absolute Gasteiger partial charge is 0.339 e. The number of esters is 4. The van der Waals surface area contributed by atoms with Crippen molar-refractivity contribution in [2.75, 3.05) is 6.61 Å². The van der Waals surface area contributed by atoms with Crippen molar-refractivity contribution in [3.63, 3.8) is 0 Å². The van der Waals surface area contributed by atoms with Gasteiger partial charge in [0.15, 0.2) is 29.4 Å². The molecular weight excluding hydrogens is 895 g/mol. The zero-order valence-electron chi connectivity index (χ0n) is 38.7. The summed E-state index contributed by atoms with van der Waals surface area (Å²) in [7, 11) is 0. The van der Waals surface area contributed by atoms with Crippen LogP contribution < -0.4 is 5.32 Å². The van der Waals surface area contributed by atoms with E-state index < -0.39 is 125 Å². The summed E-state index contributed by atoms with van der Waals surface area (Å²) in [6.07, 6.45) is -8.77. The van der Waals surface area contributed by atoms with Crippen LogP contribution in [0.2, 0.25) is 0 Å². The first-order chi connectivity index (χ1) is 32.7. The first kappa shape index (κ1) is 48.7. The first-order valence-corrected chi connectivity index (χ1v) is 22.5. The van der Waals surface area contributed by atoms with E-state index >= 15 is 4.79 Å². The Morgan fingerprint density at radius 3 is 2.04 bits per heavy atom. The monoisotopic (exact) mass is 947 g/mol. The van der Waals surface area contributed by atoms with Crippen LogP contribution in [-0.2, 0) is 42.9 Å². The van der Waals surface area contributed by atoms with Crippen LogP contribution in [0.5, 0.6) is 0 Å². The number of aliphatic hydroxyl groups is 3. The third-order valence-corrected chi connectivity index (χ3v) is 14.6. The topological polar surface area (TPSA) is 251 Å². The third-order valence-electron chi connectivity index (χ3n) is 14.6. The molecule has 1 aliphatic heterocycles. The number of ether oxygens (including phenoxy) is 5. The molecule has 69 heavy (non-hydrogen) atoms. The Morgan fingerprint density at radius 2 is 1.45 bits per heavy atom. The zero-order valence-corrected chi connectivity index (χ0v) is 38.7. The molecule has 0 radical (unpaired) electrons. The number of carbonyl (C=O) groups is 7. The van der Waals surface area contributed by atoms with Gasteiger partial charge in [0, 0.05) is 43.2 Å². The fourth-order valence-electron chi connectivity index (χ4n) is 11.0. The maximum absolute atomic E-state index is 15.7. The van der Waals surface area contributed by atoms with Crippen LogP contribution >= 0.6 is 0 Å². The molecule has 17 nitrogen and oxygen atoms in total. The summed E-state index contributed by atoms with van der Waals surface area (Å²) >= 11 is 0. The second-order valence-corrected chi connectivity index (χ2v) is 18.9. The summed E-state index contributed by atoms with van der Waals surface area (Å²) in [6, 6.07) is 22.0. The van der Waals surface area contributed by atoms with E-state index in [1.165, 1.54) is 70.6 Å². The van der Waals surface area contributed by atoms with Gasteiger partial charge < -0.3 is 48.7 Å². The average molecular weight is 948 g/mol. The molecule has 2 heterocycles. The molecule has 11 atom stereocenters. The molecule has 0 unspecified atom stereocenters. The zero-order chi connectivity index (χ0) is 49.8. The van der Waals surface area contributed by atoms with E-state index in [4.69, 9.17) is 28.1 Å². The highest BCUT2D eigenvalue weighted by molar-refractivity contribution is 6.14. The highest BCUT2D eigenvalue weighted by Crippen LogP contribution is 2.64. The molecule has 4 N–H and O–H groups in total. The molecular formula is C52H53NO16. The second kappa shape index (κ2) is 18.3. The van der Waals surface area contributed by atoms with Gasteiger partial charge in [-0.2, -0.15) is 0 Å². The number of nitrogens with one attached hydrogen (secondary N) is 1. The van der Waals surface area contributed by atoms with E-state index in [1.54, 1.807) is 60.7 Å². The Kier molecular flexibility index (Phi) is 12.9. The van der Waals surface area contributed by atoms with E-state index in [1.807, 2.05) is 0 Å². The highest BCUT2D eigenvalue weighted by atomic mass is 16.6. The van der Waals surface area contributed by atoms with E-state index in [9.17, 15) is 44.1 Å². The van der Waals surface area contributed by atoms with Crippen LogP contribution in [-0.4, -0.2) is 111 Å². The highest BCUT2D eigenvalue weighted by Gasteiger charge is 2.78. The molecule has 3 fully saturated rings. The number of amides is 1. The number of benzene rings is 3. The molecule has 3 aliphatic carbocycles. The molecule has 1 saturated heterocycles. The molecule has 2 saturated carbocycles. The van der Waals surface area contributed by atoms with Crippen LogP contribution in [0.3, 0.4) is 0 Å². The number of carbonyl (C=O) groups excluding carboxylic acids is 7. The lowest BCUT2D eigenvalue weighted by atomic mass is 9.44. The quantitative estimate of drug-likeness (QED) is 0.0658. The van der Waals surface area contributed by atoms with Gasteiger partial charge in [0.1, 0.15) is 30.2 Å². The van der Waals surface area contributed by atoms with Gasteiger partial charge in [0.2, 0.25) is 0 Å². The van der Waals surface area contributed by atoms with Gasteiger partial charge in [0.25, 0.3) is 5.91 Å². The van der Waals surface area contributed by atoms with Crippen molar-refractivity contribution in [1.29, 1.82) is 0 Å². The fraction of sp³-hybridized carbons (Fsp3) is 0.404. The predicted octanol–water partition coefficient (Wildman–Crippen LogP) is 4.56. The summed E-state index contributed by atoms with van der Waals surface area (Å²) in [5.41, 5.74) is -8.04. The number of rotatable bonds is 12. The molecule has 0 spiro atoms.